The zero-order valence-corrected chi connectivity index (χ0v) is 16.2. The SMILES string of the molecule is CCCCCCCC[C@@H](CCC)[CH2][Al]([CH2]CC)[CH2]CC. The third kappa shape index (κ3) is 12.3. The van der Waals surface area contributed by atoms with E-state index in [-0.39, 0.29) is 0 Å². The van der Waals surface area contributed by atoms with Crippen molar-refractivity contribution in [3.05, 3.63) is 0 Å². The molecule has 0 nitrogen and oxygen atoms in total. The van der Waals surface area contributed by atoms with Crippen LogP contribution in [-0.4, -0.2) is 14.1 Å². The summed E-state index contributed by atoms with van der Waals surface area (Å²) >= 11 is -0.393. The summed E-state index contributed by atoms with van der Waals surface area (Å²) in [6.45, 7) is 9.46. The predicted octanol–water partition coefficient (Wildman–Crippen LogP) is 7.47. The van der Waals surface area contributed by atoms with Gasteiger partial charge in [0.1, 0.15) is 0 Å². The second-order valence-corrected chi connectivity index (χ2v) is 10.2. The third-order valence-electron chi connectivity index (χ3n) is 4.72. The van der Waals surface area contributed by atoms with Crippen LogP contribution in [0.1, 0.15) is 98.3 Å². The van der Waals surface area contributed by atoms with E-state index in [1.807, 2.05) is 0 Å². The van der Waals surface area contributed by atoms with Gasteiger partial charge in [-0.25, -0.2) is 0 Å². The monoisotopic (exact) mass is 296 g/mol. The number of rotatable bonds is 15. The van der Waals surface area contributed by atoms with E-state index in [1.54, 1.807) is 15.8 Å². The molecule has 0 aromatic rings. The molecule has 0 aliphatic rings. The minimum Gasteiger partial charge on any atom is -0.0941 e. The summed E-state index contributed by atoms with van der Waals surface area (Å²) < 4.78 is 0. The lowest BCUT2D eigenvalue weighted by atomic mass is 9.97. The highest BCUT2D eigenvalue weighted by molar-refractivity contribution is 6.58. The molecule has 0 saturated carbocycles. The molecule has 0 saturated heterocycles. The van der Waals surface area contributed by atoms with E-state index in [1.165, 1.54) is 70.6 Å². The Morgan fingerprint density at radius 2 is 1.20 bits per heavy atom. The van der Waals surface area contributed by atoms with Gasteiger partial charge in [-0.15, -0.1) is 0 Å². The molecule has 0 aliphatic carbocycles. The van der Waals surface area contributed by atoms with Crippen molar-refractivity contribution >= 4 is 14.1 Å². The molecule has 0 N–H and O–H groups in total. The average Bonchev–Trinajstić information content (AvgIpc) is 2.43. The summed E-state index contributed by atoms with van der Waals surface area (Å²) in [6.07, 6.45) is 16.1. The van der Waals surface area contributed by atoms with Crippen LogP contribution in [0.5, 0.6) is 0 Å². The van der Waals surface area contributed by atoms with Crippen molar-refractivity contribution in [1.29, 1.82) is 0 Å². The van der Waals surface area contributed by atoms with Gasteiger partial charge in [0.2, 0.25) is 0 Å². The first-order chi connectivity index (χ1) is 9.78. The summed E-state index contributed by atoms with van der Waals surface area (Å²) in [5.41, 5.74) is 0. The Morgan fingerprint density at radius 1 is 0.600 bits per heavy atom. The number of hydrogen-bond acceptors (Lipinski definition) is 0. The molecule has 0 amide bonds. The van der Waals surface area contributed by atoms with Crippen molar-refractivity contribution in [3.8, 4) is 0 Å². The van der Waals surface area contributed by atoms with E-state index in [4.69, 9.17) is 0 Å². The first kappa shape index (κ1) is 20.5. The number of unbranched alkanes of at least 4 members (excludes halogenated alkanes) is 5. The molecule has 0 spiro atoms. The van der Waals surface area contributed by atoms with Gasteiger partial charge in [-0.3, -0.25) is 0 Å². The van der Waals surface area contributed by atoms with E-state index < -0.39 is 14.1 Å². The van der Waals surface area contributed by atoms with E-state index in [2.05, 4.69) is 27.7 Å². The largest absolute Gasteiger partial charge is 0.262 e. The Bertz CT molecular complexity index is 173. The molecule has 0 aromatic carbocycles. The van der Waals surface area contributed by atoms with Gasteiger partial charge >= 0.3 is 0 Å². The molecule has 0 fully saturated rings. The lowest BCUT2D eigenvalue weighted by molar-refractivity contribution is 0.448. The topological polar surface area (TPSA) is 0 Å². The Hall–Kier alpha value is 0.532. The molecule has 0 radical (unpaired) electrons. The second kappa shape index (κ2) is 15.9. The Labute approximate surface area is 134 Å². The zero-order chi connectivity index (χ0) is 15.1. The summed E-state index contributed by atoms with van der Waals surface area (Å²) in [5.74, 6) is 1.08. The highest BCUT2D eigenvalue weighted by Crippen LogP contribution is 2.25. The van der Waals surface area contributed by atoms with E-state index in [0.717, 1.165) is 5.92 Å². The molecular formula is C19H41Al. The van der Waals surface area contributed by atoms with Gasteiger partial charge in [0.25, 0.3) is 14.1 Å². The highest BCUT2D eigenvalue weighted by atomic mass is 27.2. The van der Waals surface area contributed by atoms with E-state index >= 15 is 0 Å². The third-order valence-corrected chi connectivity index (χ3v) is 8.84. The maximum atomic E-state index is 2.39. The molecule has 0 unspecified atom stereocenters. The van der Waals surface area contributed by atoms with Gasteiger partial charge in [0.05, 0.1) is 0 Å². The van der Waals surface area contributed by atoms with Gasteiger partial charge in [-0.05, 0) is 0 Å². The van der Waals surface area contributed by atoms with Gasteiger partial charge in [0.15, 0.2) is 0 Å². The van der Waals surface area contributed by atoms with Crippen molar-refractivity contribution in [2.45, 2.75) is 114 Å². The fourth-order valence-electron chi connectivity index (χ4n) is 3.67. The van der Waals surface area contributed by atoms with Crippen LogP contribution in [0.25, 0.3) is 0 Å². The number of hydrogen-bond donors (Lipinski definition) is 0. The molecule has 20 heavy (non-hydrogen) atoms. The normalized spacial score (nSPS) is 12.6. The Morgan fingerprint density at radius 3 is 1.75 bits per heavy atom. The summed E-state index contributed by atoms with van der Waals surface area (Å²) in [7, 11) is 0. The molecule has 0 aromatic heterocycles. The van der Waals surface area contributed by atoms with E-state index in [9.17, 15) is 0 Å². The predicted molar refractivity (Wildman–Crippen MR) is 97.1 cm³/mol. The second-order valence-electron chi connectivity index (χ2n) is 6.89. The Kier molecular flexibility index (Phi) is 16.3. The van der Waals surface area contributed by atoms with Gasteiger partial charge < -0.3 is 0 Å². The van der Waals surface area contributed by atoms with E-state index in [0.29, 0.717) is 0 Å². The molecule has 0 rings (SSSR count). The molecule has 1 heteroatoms. The smallest absolute Gasteiger partial charge is 0.0941 e. The van der Waals surface area contributed by atoms with Crippen LogP contribution in [0.4, 0.5) is 0 Å². The first-order valence-corrected chi connectivity index (χ1v) is 12.2. The van der Waals surface area contributed by atoms with Crippen molar-refractivity contribution in [2.75, 3.05) is 0 Å². The zero-order valence-electron chi connectivity index (χ0n) is 15.1. The molecule has 1 atom stereocenters. The minimum absolute atomic E-state index is 0.393. The maximum absolute atomic E-state index is 2.39. The van der Waals surface area contributed by atoms with Crippen LogP contribution in [-0.2, 0) is 0 Å². The van der Waals surface area contributed by atoms with Gasteiger partial charge in [-0.2, -0.15) is 0 Å². The summed E-state index contributed by atoms with van der Waals surface area (Å²) in [5, 5.41) is 4.86. The standard InChI is InChI=1S/C13H27.2C3H7.Al/c1-4-6-7-8-9-10-12-13(3)11-5-2;2*1-3-2;/h13H,3-12H2,1-2H3;2*1,3H2,2H3;/t13-;;;/m1.../s1. The fraction of sp³-hybridized carbons (Fsp3) is 1.00. The first-order valence-electron chi connectivity index (χ1n) is 9.78. The maximum Gasteiger partial charge on any atom is 0.262 e. The molecule has 0 heterocycles. The van der Waals surface area contributed by atoms with Crippen molar-refractivity contribution in [2.24, 2.45) is 5.92 Å². The van der Waals surface area contributed by atoms with Gasteiger partial charge in [0, 0.05) is 0 Å². The quantitative estimate of drug-likeness (QED) is 0.217. The highest BCUT2D eigenvalue weighted by Gasteiger charge is 2.19. The average molecular weight is 297 g/mol. The molecule has 0 aliphatic heterocycles. The van der Waals surface area contributed by atoms with Crippen molar-refractivity contribution in [1.82, 2.24) is 0 Å². The Balaban J connectivity index is 3.88. The summed E-state index contributed by atoms with van der Waals surface area (Å²) in [4.78, 5) is 0. The lowest BCUT2D eigenvalue weighted by Gasteiger charge is -2.20. The van der Waals surface area contributed by atoms with Crippen molar-refractivity contribution < 1.29 is 0 Å². The van der Waals surface area contributed by atoms with Crippen LogP contribution >= 0.6 is 0 Å². The van der Waals surface area contributed by atoms with Crippen molar-refractivity contribution in [3.63, 3.8) is 0 Å². The molecule has 0 bridgehead atoms. The van der Waals surface area contributed by atoms with Crippen LogP contribution in [0.15, 0.2) is 0 Å². The lowest BCUT2D eigenvalue weighted by Crippen LogP contribution is -2.17. The minimum atomic E-state index is -0.393. The fourth-order valence-corrected chi connectivity index (χ4v) is 7.48. The molecular weight excluding hydrogens is 255 g/mol. The van der Waals surface area contributed by atoms with Crippen LogP contribution < -0.4 is 0 Å². The van der Waals surface area contributed by atoms with Crippen LogP contribution in [0, 0.1) is 5.92 Å². The van der Waals surface area contributed by atoms with Crippen LogP contribution in [0.3, 0.4) is 0 Å². The van der Waals surface area contributed by atoms with Gasteiger partial charge in [-0.1, -0.05) is 120 Å². The molecule has 120 valence electrons. The van der Waals surface area contributed by atoms with Crippen LogP contribution in [0.2, 0.25) is 15.8 Å². The summed E-state index contributed by atoms with van der Waals surface area (Å²) in [6, 6.07) is 0.